The lowest BCUT2D eigenvalue weighted by Gasteiger charge is -1.92. The zero-order valence-electron chi connectivity index (χ0n) is 8.62. The molecule has 0 aliphatic heterocycles. The van der Waals surface area contributed by atoms with E-state index in [1.54, 1.807) is 13.8 Å². The topological polar surface area (TPSA) is 52.3 Å². The Balaban J connectivity index is 2.68. The minimum atomic E-state index is -0.416. The summed E-state index contributed by atoms with van der Waals surface area (Å²) in [6.45, 7) is 3.86. The molecule has 82 valence electrons. The number of aromatic nitrogens is 1. The van der Waals surface area contributed by atoms with Gasteiger partial charge in [-0.1, -0.05) is 0 Å². The molecule has 15 heavy (non-hydrogen) atoms. The number of oxazole rings is 1. The van der Waals surface area contributed by atoms with E-state index in [9.17, 15) is 4.79 Å². The Morgan fingerprint density at radius 2 is 2.40 bits per heavy atom. The van der Waals surface area contributed by atoms with Crippen LogP contribution in [0.3, 0.4) is 0 Å². The molecule has 1 aromatic heterocycles. The quantitative estimate of drug-likeness (QED) is 0.452. The highest BCUT2D eigenvalue weighted by Crippen LogP contribution is 2.12. The normalized spacial score (nSPS) is 10.9. The second-order valence-electron chi connectivity index (χ2n) is 2.77. The first kappa shape index (κ1) is 11.8. The van der Waals surface area contributed by atoms with Crippen LogP contribution in [0.2, 0.25) is 0 Å². The van der Waals surface area contributed by atoms with Crippen molar-refractivity contribution in [3.63, 3.8) is 0 Å². The second-order valence-corrected chi connectivity index (χ2v) is 3.04. The first-order valence-corrected chi connectivity index (χ1v) is 5.08. The number of hydrogen-bond donors (Lipinski definition) is 0. The smallest absolute Gasteiger partial charge is 0.330 e. The van der Waals surface area contributed by atoms with Gasteiger partial charge in [0.25, 0.3) is 0 Å². The lowest BCUT2D eigenvalue weighted by atomic mass is 10.4. The van der Waals surface area contributed by atoms with Gasteiger partial charge >= 0.3 is 5.97 Å². The van der Waals surface area contributed by atoms with Crippen molar-refractivity contribution >= 4 is 23.6 Å². The number of halogens is 1. The van der Waals surface area contributed by atoms with E-state index in [1.807, 2.05) is 0 Å². The van der Waals surface area contributed by atoms with Crippen molar-refractivity contribution in [1.29, 1.82) is 0 Å². The van der Waals surface area contributed by atoms with Gasteiger partial charge in [-0.2, -0.15) is 0 Å². The standard InChI is InChI=1S/C10H12ClNO3/c1-3-14-10(13)5-4-9-12-8(6-11)7(2)15-9/h4-5H,3,6H2,1-2H3/b5-4+. The molecule has 0 N–H and O–H groups in total. The largest absolute Gasteiger partial charge is 0.463 e. The molecule has 0 aliphatic carbocycles. The summed E-state index contributed by atoms with van der Waals surface area (Å²) in [5.41, 5.74) is 0.681. The van der Waals surface area contributed by atoms with Crippen molar-refractivity contribution in [3.8, 4) is 0 Å². The fourth-order valence-corrected chi connectivity index (χ4v) is 1.22. The Kier molecular flexibility index (Phi) is 4.37. The molecule has 0 atom stereocenters. The van der Waals surface area contributed by atoms with Gasteiger partial charge in [-0.3, -0.25) is 0 Å². The maximum Gasteiger partial charge on any atom is 0.330 e. The highest BCUT2D eigenvalue weighted by molar-refractivity contribution is 6.16. The predicted molar refractivity (Wildman–Crippen MR) is 56.5 cm³/mol. The summed E-state index contributed by atoms with van der Waals surface area (Å²) in [4.78, 5) is 15.0. The van der Waals surface area contributed by atoms with Gasteiger partial charge in [0.05, 0.1) is 18.2 Å². The molecule has 0 unspecified atom stereocenters. The first-order chi connectivity index (χ1) is 7.17. The molecule has 0 saturated carbocycles. The van der Waals surface area contributed by atoms with Gasteiger partial charge in [0.1, 0.15) is 5.76 Å². The molecule has 0 aromatic carbocycles. The van der Waals surface area contributed by atoms with Gasteiger partial charge in [0.2, 0.25) is 5.89 Å². The summed E-state index contributed by atoms with van der Waals surface area (Å²) >= 11 is 5.62. The van der Waals surface area contributed by atoms with Gasteiger partial charge in [-0.05, 0) is 13.8 Å². The van der Waals surface area contributed by atoms with Crippen LogP contribution in [0.25, 0.3) is 6.08 Å². The van der Waals surface area contributed by atoms with E-state index in [4.69, 9.17) is 20.8 Å². The van der Waals surface area contributed by atoms with E-state index in [-0.39, 0.29) is 0 Å². The number of nitrogens with zero attached hydrogens (tertiary/aromatic N) is 1. The molecule has 0 spiro atoms. The van der Waals surface area contributed by atoms with E-state index < -0.39 is 5.97 Å². The Bertz CT molecular complexity index is 371. The summed E-state index contributed by atoms with van der Waals surface area (Å²) in [7, 11) is 0. The van der Waals surface area contributed by atoms with Crippen molar-refractivity contribution in [2.45, 2.75) is 19.7 Å². The third-order valence-electron chi connectivity index (χ3n) is 1.68. The molecule has 4 nitrogen and oxygen atoms in total. The maximum atomic E-state index is 11.0. The third-order valence-corrected chi connectivity index (χ3v) is 1.94. The zero-order valence-corrected chi connectivity index (χ0v) is 9.37. The number of alkyl halides is 1. The number of ether oxygens (including phenoxy) is 1. The fourth-order valence-electron chi connectivity index (χ4n) is 0.975. The van der Waals surface area contributed by atoms with Crippen LogP contribution in [-0.2, 0) is 15.4 Å². The monoisotopic (exact) mass is 229 g/mol. The molecule has 1 rings (SSSR count). The van der Waals surface area contributed by atoms with Crippen molar-refractivity contribution in [2.24, 2.45) is 0 Å². The highest BCUT2D eigenvalue weighted by Gasteiger charge is 2.06. The molecule has 0 radical (unpaired) electrons. The molecule has 0 saturated heterocycles. The Morgan fingerprint density at radius 1 is 1.67 bits per heavy atom. The Morgan fingerprint density at radius 3 is 2.93 bits per heavy atom. The van der Waals surface area contributed by atoms with Crippen LogP contribution in [0.15, 0.2) is 10.5 Å². The minimum Gasteiger partial charge on any atom is -0.463 e. The van der Waals surface area contributed by atoms with E-state index in [1.165, 1.54) is 12.2 Å². The summed E-state index contributed by atoms with van der Waals surface area (Å²) in [6.07, 6.45) is 2.73. The fraction of sp³-hybridized carbons (Fsp3) is 0.400. The van der Waals surface area contributed by atoms with Gasteiger partial charge in [0, 0.05) is 12.2 Å². The first-order valence-electron chi connectivity index (χ1n) is 4.54. The molecular weight excluding hydrogens is 218 g/mol. The Hall–Kier alpha value is -1.29. The van der Waals surface area contributed by atoms with Crippen molar-refractivity contribution in [2.75, 3.05) is 6.61 Å². The molecule has 5 heteroatoms. The van der Waals surface area contributed by atoms with Crippen LogP contribution in [0.1, 0.15) is 24.3 Å². The Labute approximate surface area is 92.9 Å². The van der Waals surface area contributed by atoms with Crippen LogP contribution in [-0.4, -0.2) is 17.6 Å². The van der Waals surface area contributed by atoms with Gasteiger partial charge in [-0.15, -0.1) is 11.6 Å². The minimum absolute atomic E-state index is 0.294. The van der Waals surface area contributed by atoms with Crippen LogP contribution in [0.4, 0.5) is 0 Å². The third kappa shape index (κ3) is 3.40. The number of hydrogen-bond acceptors (Lipinski definition) is 4. The van der Waals surface area contributed by atoms with Crippen molar-refractivity contribution in [1.82, 2.24) is 4.98 Å². The SMILES string of the molecule is CCOC(=O)/C=C/c1nc(CCl)c(C)o1. The van der Waals surface area contributed by atoms with Crippen LogP contribution < -0.4 is 0 Å². The molecule has 1 heterocycles. The molecule has 1 aromatic rings. The second kappa shape index (κ2) is 5.56. The maximum absolute atomic E-state index is 11.0. The summed E-state index contributed by atoms with van der Waals surface area (Å²) in [6, 6.07) is 0. The van der Waals surface area contributed by atoms with Crippen LogP contribution in [0.5, 0.6) is 0 Å². The van der Waals surface area contributed by atoms with Crippen molar-refractivity contribution < 1.29 is 13.9 Å². The van der Waals surface area contributed by atoms with Gasteiger partial charge in [0.15, 0.2) is 0 Å². The van der Waals surface area contributed by atoms with E-state index >= 15 is 0 Å². The van der Waals surface area contributed by atoms with E-state index in [2.05, 4.69) is 4.98 Å². The summed E-state index contributed by atoms with van der Waals surface area (Å²) in [5, 5.41) is 0. The number of carbonyl (C=O) groups is 1. The van der Waals surface area contributed by atoms with Crippen molar-refractivity contribution in [3.05, 3.63) is 23.4 Å². The van der Waals surface area contributed by atoms with Crippen LogP contribution >= 0.6 is 11.6 Å². The molecule has 0 bridgehead atoms. The van der Waals surface area contributed by atoms with Gasteiger partial charge in [-0.25, -0.2) is 9.78 Å². The molecule has 0 amide bonds. The predicted octanol–water partition coefficient (Wildman–Crippen LogP) is 2.30. The lowest BCUT2D eigenvalue weighted by Crippen LogP contribution is -1.98. The molecular formula is C10H12ClNO3. The molecule has 0 fully saturated rings. The van der Waals surface area contributed by atoms with E-state index in [0.29, 0.717) is 29.8 Å². The molecule has 0 aliphatic rings. The lowest BCUT2D eigenvalue weighted by molar-refractivity contribution is -0.137. The number of aryl methyl sites for hydroxylation is 1. The zero-order chi connectivity index (χ0) is 11.3. The summed E-state index contributed by atoms with van der Waals surface area (Å²) < 4.78 is 9.95. The average Bonchev–Trinajstić information content (AvgIpc) is 2.56. The number of esters is 1. The van der Waals surface area contributed by atoms with Crippen LogP contribution in [0, 0.1) is 6.92 Å². The van der Waals surface area contributed by atoms with E-state index in [0.717, 1.165) is 0 Å². The number of carbonyl (C=O) groups excluding carboxylic acids is 1. The van der Waals surface area contributed by atoms with Gasteiger partial charge < -0.3 is 9.15 Å². The average molecular weight is 230 g/mol. The summed E-state index contributed by atoms with van der Waals surface area (Å²) in [5.74, 6) is 0.897. The number of rotatable bonds is 4. The highest BCUT2D eigenvalue weighted by atomic mass is 35.5.